The number of carbonyl (C=O) groups is 2. The summed E-state index contributed by atoms with van der Waals surface area (Å²) in [4.78, 5) is 21.7. The molecule has 0 atom stereocenters. The molecule has 1 aromatic rings. The summed E-state index contributed by atoms with van der Waals surface area (Å²) in [5.41, 5.74) is 0.201. The number of carbonyl (C=O) groups excluding carboxylic acids is 2. The third kappa shape index (κ3) is 2.92. The number of amides is 1. The van der Waals surface area contributed by atoms with Crippen molar-refractivity contribution in [1.29, 1.82) is 0 Å². The van der Waals surface area contributed by atoms with Gasteiger partial charge in [0.05, 0.1) is 16.1 Å². The first-order valence-electron chi connectivity index (χ1n) is 3.87. The number of nitrogens with one attached hydrogen (secondary N) is 1. The molecule has 0 aromatic heterocycles. The van der Waals surface area contributed by atoms with Crippen LogP contribution in [-0.4, -0.2) is 30.1 Å². The summed E-state index contributed by atoms with van der Waals surface area (Å²) >= 11 is 0. The van der Waals surface area contributed by atoms with E-state index in [9.17, 15) is 18.0 Å². The monoisotopic (exact) mass is 268 g/mol. The van der Waals surface area contributed by atoms with E-state index in [2.05, 4.69) is 5.32 Å². The molecule has 0 spiro atoms. The standard InChI is InChI=1S/C8H5NO5S.Na.H2O/c10-7-5-3-4(15(12,13)14)1-2-6(5)9-8(7)11;;/h1-3H,(H,9,10,11)(H,12,13,14);;1H2/q;+1;. The molecule has 0 unspecified atom stereocenters. The topological polar surface area (TPSA) is 132 Å². The van der Waals surface area contributed by atoms with Gasteiger partial charge in [0.1, 0.15) is 0 Å². The van der Waals surface area contributed by atoms with Crippen LogP contribution in [0, 0.1) is 0 Å². The summed E-state index contributed by atoms with van der Waals surface area (Å²) in [6.45, 7) is 0. The number of hydrogen-bond donors (Lipinski definition) is 2. The third-order valence-electron chi connectivity index (χ3n) is 1.99. The van der Waals surface area contributed by atoms with Gasteiger partial charge in [0.25, 0.3) is 21.8 Å². The van der Waals surface area contributed by atoms with Crippen molar-refractivity contribution in [2.75, 3.05) is 5.32 Å². The van der Waals surface area contributed by atoms with Crippen LogP contribution in [-0.2, 0) is 14.9 Å². The van der Waals surface area contributed by atoms with E-state index >= 15 is 0 Å². The van der Waals surface area contributed by atoms with Gasteiger partial charge in [0.2, 0.25) is 0 Å². The molecule has 4 N–H and O–H groups in total. The maximum absolute atomic E-state index is 11.2. The van der Waals surface area contributed by atoms with Crippen LogP contribution in [0.25, 0.3) is 0 Å². The molecule has 9 heteroatoms. The van der Waals surface area contributed by atoms with E-state index in [1.807, 2.05) is 0 Å². The summed E-state index contributed by atoms with van der Waals surface area (Å²) in [5.74, 6) is -1.62. The second-order valence-electron chi connectivity index (χ2n) is 2.97. The molecule has 1 aromatic carbocycles. The van der Waals surface area contributed by atoms with E-state index in [4.69, 9.17) is 4.55 Å². The fourth-order valence-electron chi connectivity index (χ4n) is 1.28. The molecule has 1 amide bonds. The van der Waals surface area contributed by atoms with E-state index < -0.39 is 26.7 Å². The number of anilines is 1. The summed E-state index contributed by atoms with van der Waals surface area (Å²) < 4.78 is 30.2. The summed E-state index contributed by atoms with van der Waals surface area (Å²) in [7, 11) is -4.36. The van der Waals surface area contributed by atoms with Gasteiger partial charge in [-0.2, -0.15) is 8.42 Å². The molecule has 0 fully saturated rings. The van der Waals surface area contributed by atoms with Crippen molar-refractivity contribution in [2.24, 2.45) is 0 Å². The second kappa shape index (κ2) is 5.25. The van der Waals surface area contributed by atoms with Crippen molar-refractivity contribution >= 4 is 27.5 Å². The molecule has 0 bridgehead atoms. The Kier molecular flexibility index (Phi) is 5.02. The minimum atomic E-state index is -4.36. The van der Waals surface area contributed by atoms with Crippen molar-refractivity contribution in [3.05, 3.63) is 23.8 Å². The number of benzene rings is 1. The van der Waals surface area contributed by atoms with Crippen LogP contribution in [0.3, 0.4) is 0 Å². The smallest absolute Gasteiger partial charge is 0.412 e. The molecule has 1 aliphatic rings. The van der Waals surface area contributed by atoms with E-state index in [0.717, 1.165) is 12.1 Å². The van der Waals surface area contributed by atoms with Crippen molar-refractivity contribution in [1.82, 2.24) is 0 Å². The molecular weight excluding hydrogens is 261 g/mol. The fraction of sp³-hybridized carbons (Fsp3) is 0. The number of fused-ring (bicyclic) bond motifs is 1. The van der Waals surface area contributed by atoms with Gasteiger partial charge in [-0.3, -0.25) is 14.1 Å². The van der Waals surface area contributed by atoms with Gasteiger partial charge in [0.15, 0.2) is 0 Å². The van der Waals surface area contributed by atoms with Gasteiger partial charge < -0.3 is 10.8 Å². The third-order valence-corrected chi connectivity index (χ3v) is 2.84. The molecule has 17 heavy (non-hydrogen) atoms. The van der Waals surface area contributed by atoms with Crippen molar-refractivity contribution in [3.63, 3.8) is 0 Å². The first-order valence-corrected chi connectivity index (χ1v) is 5.31. The van der Waals surface area contributed by atoms with E-state index in [1.165, 1.54) is 6.07 Å². The van der Waals surface area contributed by atoms with Crippen LogP contribution in [0.15, 0.2) is 23.1 Å². The van der Waals surface area contributed by atoms with Gasteiger partial charge in [-0.15, -0.1) is 0 Å². The van der Waals surface area contributed by atoms with Gasteiger partial charge in [-0.1, -0.05) is 0 Å². The molecule has 0 aliphatic carbocycles. The quantitative estimate of drug-likeness (QED) is 0.307. The SMILES string of the molecule is O.O=C1Nc2ccc(S(=O)(=O)O)cc2C1=O.[Na+]. The second-order valence-corrected chi connectivity index (χ2v) is 4.39. The summed E-state index contributed by atoms with van der Waals surface area (Å²) in [6, 6.07) is 3.32. The Hall–Kier alpha value is -0.770. The van der Waals surface area contributed by atoms with Gasteiger partial charge in [-0.05, 0) is 18.2 Å². The Bertz CT molecular complexity index is 582. The van der Waals surface area contributed by atoms with Crippen molar-refractivity contribution in [3.8, 4) is 0 Å². The Labute approximate surface area is 119 Å². The van der Waals surface area contributed by atoms with Crippen LogP contribution in [0.4, 0.5) is 5.69 Å². The van der Waals surface area contributed by atoms with Crippen LogP contribution < -0.4 is 34.9 Å². The fourth-order valence-corrected chi connectivity index (χ4v) is 1.79. The van der Waals surface area contributed by atoms with Crippen molar-refractivity contribution in [2.45, 2.75) is 4.90 Å². The average molecular weight is 268 g/mol. The Morgan fingerprint density at radius 2 is 1.76 bits per heavy atom. The van der Waals surface area contributed by atoms with Crippen molar-refractivity contribution < 1.29 is 57.6 Å². The van der Waals surface area contributed by atoms with Crippen LogP contribution in [0.2, 0.25) is 0 Å². The molecule has 86 valence electrons. The zero-order valence-electron chi connectivity index (χ0n) is 8.72. The molecule has 7 nitrogen and oxygen atoms in total. The molecule has 0 saturated carbocycles. The molecule has 0 radical (unpaired) electrons. The van der Waals surface area contributed by atoms with E-state index in [1.54, 1.807) is 0 Å². The maximum atomic E-state index is 11.2. The Morgan fingerprint density at radius 1 is 1.18 bits per heavy atom. The first-order chi connectivity index (χ1) is 6.89. The number of hydrogen-bond acceptors (Lipinski definition) is 4. The minimum Gasteiger partial charge on any atom is -0.412 e. The number of ketones is 1. The maximum Gasteiger partial charge on any atom is 1.00 e. The van der Waals surface area contributed by atoms with Crippen LogP contribution in [0.1, 0.15) is 10.4 Å². The summed E-state index contributed by atoms with van der Waals surface area (Å²) in [6.07, 6.45) is 0. The first kappa shape index (κ1) is 16.2. The Morgan fingerprint density at radius 3 is 2.29 bits per heavy atom. The molecule has 2 rings (SSSR count). The predicted molar refractivity (Wildman–Crippen MR) is 52.8 cm³/mol. The zero-order chi connectivity index (χ0) is 11.2. The van der Waals surface area contributed by atoms with Crippen LogP contribution >= 0.6 is 0 Å². The zero-order valence-corrected chi connectivity index (χ0v) is 11.5. The van der Waals surface area contributed by atoms with E-state index in [-0.39, 0.29) is 46.3 Å². The van der Waals surface area contributed by atoms with Gasteiger partial charge in [0, 0.05) is 0 Å². The molecule has 1 aliphatic heterocycles. The predicted octanol–water partition coefficient (Wildman–Crippen LogP) is -3.75. The normalized spacial score (nSPS) is 13.2. The number of Topliss-reactive ketones (excluding diaryl/α,β-unsaturated/α-hetero) is 1. The Balaban J connectivity index is 0.00000128. The summed E-state index contributed by atoms with van der Waals surface area (Å²) in [5, 5.41) is 2.26. The van der Waals surface area contributed by atoms with Gasteiger partial charge >= 0.3 is 29.6 Å². The van der Waals surface area contributed by atoms with Gasteiger partial charge in [-0.25, -0.2) is 0 Å². The largest absolute Gasteiger partial charge is 1.00 e. The molecule has 1 heterocycles. The van der Waals surface area contributed by atoms with Crippen LogP contribution in [0.5, 0.6) is 0 Å². The van der Waals surface area contributed by atoms with E-state index in [0.29, 0.717) is 0 Å². The molecule has 0 saturated heterocycles. The molecular formula is C8H7NNaO6S+. The average Bonchev–Trinajstić information content (AvgIpc) is 2.41. The minimum absolute atomic E-state index is 0. The number of rotatable bonds is 1.